The standard InChI is InChI=1S/C13H18N2O4.BrH/c1-2-19-13(18)11(15-12(17)8-14)7-9-3-5-10(16)6-4-9;/h3-6,11,16H,2,7-8,14H2,1H3,(H,15,17);1H/t11-;/m0./s1. The van der Waals surface area contributed by atoms with Crippen LogP contribution in [-0.2, 0) is 20.7 Å². The Balaban J connectivity index is 0.00000361. The van der Waals surface area contributed by atoms with Crippen molar-refractivity contribution >= 4 is 28.9 Å². The maximum Gasteiger partial charge on any atom is 0.328 e. The van der Waals surface area contributed by atoms with Crippen molar-refractivity contribution in [3.8, 4) is 5.75 Å². The molecule has 1 rings (SSSR count). The molecule has 0 aliphatic carbocycles. The van der Waals surface area contributed by atoms with Crippen LogP contribution >= 0.6 is 17.0 Å². The number of hydrogen-bond donors (Lipinski definition) is 3. The first-order valence-electron chi connectivity index (χ1n) is 6.00. The molecule has 0 aromatic heterocycles. The Morgan fingerprint density at radius 3 is 2.45 bits per heavy atom. The van der Waals surface area contributed by atoms with Gasteiger partial charge in [-0.3, -0.25) is 4.79 Å². The molecule has 112 valence electrons. The van der Waals surface area contributed by atoms with Gasteiger partial charge in [-0.2, -0.15) is 0 Å². The van der Waals surface area contributed by atoms with Crippen LogP contribution < -0.4 is 11.1 Å². The molecule has 1 aromatic rings. The Hall–Kier alpha value is -1.60. The van der Waals surface area contributed by atoms with E-state index in [2.05, 4.69) is 5.32 Å². The van der Waals surface area contributed by atoms with Crippen LogP contribution in [0.1, 0.15) is 12.5 Å². The molecule has 0 saturated carbocycles. The van der Waals surface area contributed by atoms with E-state index in [0.29, 0.717) is 0 Å². The van der Waals surface area contributed by atoms with E-state index < -0.39 is 17.9 Å². The second-order valence-corrected chi connectivity index (χ2v) is 3.95. The predicted molar refractivity (Wildman–Crippen MR) is 79.8 cm³/mol. The highest BCUT2D eigenvalue weighted by atomic mass is 79.9. The van der Waals surface area contributed by atoms with Crippen molar-refractivity contribution in [1.82, 2.24) is 5.32 Å². The highest BCUT2D eigenvalue weighted by Gasteiger charge is 2.21. The fraction of sp³-hybridized carbons (Fsp3) is 0.385. The van der Waals surface area contributed by atoms with Gasteiger partial charge in [0.15, 0.2) is 0 Å². The van der Waals surface area contributed by atoms with Crippen molar-refractivity contribution in [1.29, 1.82) is 0 Å². The van der Waals surface area contributed by atoms with E-state index in [9.17, 15) is 14.7 Å². The summed E-state index contributed by atoms with van der Waals surface area (Å²) in [6.45, 7) is 1.75. The number of carbonyl (C=O) groups is 2. The summed E-state index contributed by atoms with van der Waals surface area (Å²) in [6.07, 6.45) is 0.283. The molecule has 6 nitrogen and oxygen atoms in total. The summed E-state index contributed by atoms with van der Waals surface area (Å²) in [5, 5.41) is 11.7. The maximum absolute atomic E-state index is 11.7. The molecule has 0 aliphatic heterocycles. The maximum atomic E-state index is 11.7. The number of aromatic hydroxyl groups is 1. The van der Waals surface area contributed by atoms with Gasteiger partial charge in [-0.05, 0) is 24.6 Å². The van der Waals surface area contributed by atoms with Gasteiger partial charge in [0.25, 0.3) is 0 Å². The van der Waals surface area contributed by atoms with Crippen LogP contribution in [0.5, 0.6) is 5.75 Å². The normalized spacial score (nSPS) is 11.1. The molecule has 0 fully saturated rings. The predicted octanol–water partition coefficient (Wildman–Crippen LogP) is 0.519. The second-order valence-electron chi connectivity index (χ2n) is 3.95. The number of esters is 1. The van der Waals surface area contributed by atoms with Gasteiger partial charge in [0.2, 0.25) is 5.91 Å². The van der Waals surface area contributed by atoms with E-state index in [1.165, 1.54) is 12.1 Å². The van der Waals surface area contributed by atoms with Crippen LogP contribution in [0.4, 0.5) is 0 Å². The molecule has 0 bridgehead atoms. The largest absolute Gasteiger partial charge is 0.508 e. The van der Waals surface area contributed by atoms with E-state index in [4.69, 9.17) is 10.5 Å². The van der Waals surface area contributed by atoms with Crippen LogP contribution in [-0.4, -0.2) is 36.2 Å². The van der Waals surface area contributed by atoms with E-state index in [0.717, 1.165) is 5.56 Å². The number of nitrogens with two attached hydrogens (primary N) is 1. The van der Waals surface area contributed by atoms with E-state index in [-0.39, 0.29) is 42.3 Å². The molecule has 0 saturated heterocycles. The third-order valence-electron chi connectivity index (χ3n) is 2.47. The van der Waals surface area contributed by atoms with Crippen LogP contribution in [0, 0.1) is 0 Å². The topological polar surface area (TPSA) is 102 Å². The Labute approximate surface area is 128 Å². The van der Waals surface area contributed by atoms with Gasteiger partial charge >= 0.3 is 5.97 Å². The minimum atomic E-state index is -0.777. The molecule has 4 N–H and O–H groups in total. The smallest absolute Gasteiger partial charge is 0.328 e. The lowest BCUT2D eigenvalue weighted by molar-refractivity contribution is -0.147. The molecule has 0 aliphatic rings. The lowest BCUT2D eigenvalue weighted by atomic mass is 10.1. The number of rotatable bonds is 6. The summed E-state index contributed by atoms with van der Waals surface area (Å²) in [5.41, 5.74) is 6.01. The lowest BCUT2D eigenvalue weighted by Gasteiger charge is -2.17. The second kappa shape index (κ2) is 9.33. The molecule has 1 atom stereocenters. The molecule has 0 radical (unpaired) electrons. The number of amides is 1. The van der Waals surface area contributed by atoms with Crippen molar-refractivity contribution in [3.63, 3.8) is 0 Å². The molecule has 1 amide bonds. The number of nitrogens with one attached hydrogen (secondary N) is 1. The zero-order valence-corrected chi connectivity index (χ0v) is 12.9. The highest BCUT2D eigenvalue weighted by Crippen LogP contribution is 2.11. The van der Waals surface area contributed by atoms with Crippen molar-refractivity contribution in [2.24, 2.45) is 5.73 Å². The van der Waals surface area contributed by atoms with E-state index in [1.807, 2.05) is 0 Å². The quantitative estimate of drug-likeness (QED) is 0.651. The number of hydrogen-bond acceptors (Lipinski definition) is 5. The summed E-state index contributed by atoms with van der Waals surface area (Å²) >= 11 is 0. The van der Waals surface area contributed by atoms with Gasteiger partial charge in [0.1, 0.15) is 11.8 Å². The number of halogens is 1. The summed E-state index contributed by atoms with van der Waals surface area (Å²) in [7, 11) is 0. The molecule has 0 spiro atoms. The number of phenols is 1. The Morgan fingerprint density at radius 1 is 1.35 bits per heavy atom. The average Bonchev–Trinajstić information content (AvgIpc) is 2.40. The van der Waals surface area contributed by atoms with Gasteiger partial charge in [-0.1, -0.05) is 12.1 Å². The highest BCUT2D eigenvalue weighted by molar-refractivity contribution is 8.93. The first-order valence-corrected chi connectivity index (χ1v) is 6.00. The van der Waals surface area contributed by atoms with Crippen molar-refractivity contribution < 1.29 is 19.4 Å². The Kier molecular flexibility index (Phi) is 8.58. The van der Waals surface area contributed by atoms with Crippen molar-refractivity contribution in [2.45, 2.75) is 19.4 Å². The first kappa shape index (κ1) is 18.4. The Morgan fingerprint density at radius 2 is 1.95 bits per heavy atom. The molecule has 1 aromatic carbocycles. The molecule has 20 heavy (non-hydrogen) atoms. The average molecular weight is 347 g/mol. The molecular weight excluding hydrogens is 328 g/mol. The van der Waals surface area contributed by atoms with Gasteiger partial charge in [0, 0.05) is 6.42 Å². The fourth-order valence-electron chi connectivity index (χ4n) is 1.56. The van der Waals surface area contributed by atoms with Crippen LogP contribution in [0.3, 0.4) is 0 Å². The van der Waals surface area contributed by atoms with Gasteiger partial charge in [-0.25, -0.2) is 4.79 Å². The van der Waals surface area contributed by atoms with Crippen LogP contribution in [0.2, 0.25) is 0 Å². The summed E-state index contributed by atoms with van der Waals surface area (Å²) < 4.78 is 4.90. The SMILES string of the molecule is Br.CCOC(=O)[C@H](Cc1ccc(O)cc1)NC(=O)CN. The van der Waals surface area contributed by atoms with Crippen molar-refractivity contribution in [3.05, 3.63) is 29.8 Å². The minimum Gasteiger partial charge on any atom is -0.508 e. The van der Waals surface area contributed by atoms with E-state index in [1.54, 1.807) is 19.1 Å². The third kappa shape index (κ3) is 6.03. The fourth-order valence-corrected chi connectivity index (χ4v) is 1.56. The number of carbonyl (C=O) groups excluding carboxylic acids is 2. The third-order valence-corrected chi connectivity index (χ3v) is 2.47. The molecule has 0 heterocycles. The van der Waals surface area contributed by atoms with Crippen molar-refractivity contribution in [2.75, 3.05) is 13.2 Å². The summed E-state index contributed by atoms with van der Waals surface area (Å²) in [6, 6.07) is 5.61. The molecule has 7 heteroatoms. The zero-order valence-electron chi connectivity index (χ0n) is 11.2. The van der Waals surface area contributed by atoms with Gasteiger partial charge < -0.3 is 20.9 Å². The Bertz CT molecular complexity index is 437. The molecule has 0 unspecified atom stereocenters. The monoisotopic (exact) mass is 346 g/mol. The van der Waals surface area contributed by atoms with E-state index >= 15 is 0 Å². The number of phenolic OH excluding ortho intramolecular Hbond substituents is 1. The lowest BCUT2D eigenvalue weighted by Crippen LogP contribution is -2.45. The number of benzene rings is 1. The minimum absolute atomic E-state index is 0. The van der Waals surface area contributed by atoms with Gasteiger partial charge in [0.05, 0.1) is 13.2 Å². The van der Waals surface area contributed by atoms with Crippen LogP contribution in [0.25, 0.3) is 0 Å². The zero-order chi connectivity index (χ0) is 14.3. The summed E-state index contributed by atoms with van der Waals surface area (Å²) in [4.78, 5) is 23.0. The summed E-state index contributed by atoms with van der Waals surface area (Å²) in [5.74, 6) is -0.781. The number of ether oxygens (including phenoxy) is 1. The van der Waals surface area contributed by atoms with Gasteiger partial charge in [-0.15, -0.1) is 17.0 Å². The first-order chi connectivity index (χ1) is 9.06. The van der Waals surface area contributed by atoms with Crippen LogP contribution in [0.15, 0.2) is 24.3 Å². The molecular formula is C13H19BrN2O4.